The van der Waals surface area contributed by atoms with E-state index in [0.717, 1.165) is 6.08 Å². The van der Waals surface area contributed by atoms with Gasteiger partial charge in [-0.1, -0.05) is 6.58 Å². The first kappa shape index (κ1) is 16.0. The van der Waals surface area contributed by atoms with Crippen molar-refractivity contribution in [2.24, 2.45) is 0 Å². The Morgan fingerprint density at radius 3 is 2.53 bits per heavy atom. The second kappa shape index (κ2) is 9.08. The molecule has 2 N–H and O–H groups in total. The van der Waals surface area contributed by atoms with Crippen LogP contribution in [-0.4, -0.2) is 62.3 Å². The number of hydrogen-bond acceptors (Lipinski definition) is 7. The topological polar surface area (TPSA) is 94.5 Å². The maximum absolute atomic E-state index is 10.9. The molecule has 0 saturated carbocycles. The predicted molar refractivity (Wildman–Crippen MR) is 57.0 cm³/mol. The summed E-state index contributed by atoms with van der Waals surface area (Å²) in [5, 5.41) is 18.0. The van der Waals surface area contributed by atoms with Crippen molar-refractivity contribution >= 4 is 5.97 Å². The zero-order chi connectivity index (χ0) is 13.1. The Morgan fingerprint density at radius 2 is 2.00 bits per heavy atom. The van der Waals surface area contributed by atoms with Crippen LogP contribution in [0.15, 0.2) is 12.7 Å². The molecule has 0 fully saturated rings. The first-order valence-corrected chi connectivity index (χ1v) is 4.97. The maximum Gasteiger partial charge on any atom is 0.351 e. The molecule has 7 nitrogen and oxygen atoms in total. The average molecular weight is 250 g/mol. The summed E-state index contributed by atoms with van der Waals surface area (Å²) in [6, 6.07) is 0. The van der Waals surface area contributed by atoms with Gasteiger partial charge in [-0.25, -0.2) is 4.79 Å². The molecule has 0 bridgehead atoms. The number of hydrogen-bond donors (Lipinski definition) is 2. The molecule has 0 aliphatic carbocycles. The van der Waals surface area contributed by atoms with Gasteiger partial charge in [0.05, 0.1) is 26.4 Å². The van der Waals surface area contributed by atoms with Gasteiger partial charge in [0.25, 0.3) is 0 Å². The van der Waals surface area contributed by atoms with Gasteiger partial charge in [0.2, 0.25) is 0 Å². The number of aliphatic hydroxyl groups excluding tert-OH is 1. The Balaban J connectivity index is 3.79. The van der Waals surface area contributed by atoms with Crippen molar-refractivity contribution in [1.82, 2.24) is 0 Å². The standard InChI is InChI=1S/C10H18O7/c1-3-9(12)17-10(13,14-2)8-16-7-6-15-5-4-11/h3,11,13H,1,4-8H2,2H3. The molecular weight excluding hydrogens is 232 g/mol. The van der Waals surface area contributed by atoms with E-state index in [1.54, 1.807) is 0 Å². The van der Waals surface area contributed by atoms with Gasteiger partial charge in [-0.2, -0.15) is 0 Å². The predicted octanol–water partition coefficient (Wildman–Crippen LogP) is -0.966. The van der Waals surface area contributed by atoms with Crippen LogP contribution in [0, 0.1) is 0 Å². The number of aliphatic hydroxyl groups is 2. The highest BCUT2D eigenvalue weighted by Crippen LogP contribution is 2.09. The van der Waals surface area contributed by atoms with Crippen LogP contribution in [0.4, 0.5) is 0 Å². The molecule has 0 aromatic heterocycles. The van der Waals surface area contributed by atoms with E-state index in [-0.39, 0.29) is 33.0 Å². The minimum absolute atomic E-state index is 0.0705. The molecule has 0 radical (unpaired) electrons. The van der Waals surface area contributed by atoms with E-state index in [9.17, 15) is 9.90 Å². The van der Waals surface area contributed by atoms with Gasteiger partial charge in [-0.15, -0.1) is 0 Å². The molecule has 0 heterocycles. The molecular formula is C10H18O7. The number of methoxy groups -OCH3 is 1. The monoisotopic (exact) mass is 250 g/mol. The second-order valence-electron chi connectivity index (χ2n) is 2.93. The summed E-state index contributed by atoms with van der Waals surface area (Å²) < 4.78 is 19.0. The van der Waals surface area contributed by atoms with E-state index in [1.807, 2.05) is 0 Å². The van der Waals surface area contributed by atoms with Gasteiger partial charge in [0, 0.05) is 13.2 Å². The lowest BCUT2D eigenvalue weighted by Gasteiger charge is -2.24. The fraction of sp³-hybridized carbons (Fsp3) is 0.700. The third kappa shape index (κ3) is 7.83. The average Bonchev–Trinajstić information content (AvgIpc) is 2.33. The molecule has 0 saturated heterocycles. The SMILES string of the molecule is C=CC(=O)OC(O)(COCCOCCO)OC. The number of carbonyl (C=O) groups is 1. The van der Waals surface area contributed by atoms with Crippen LogP contribution >= 0.6 is 0 Å². The second-order valence-corrected chi connectivity index (χ2v) is 2.93. The van der Waals surface area contributed by atoms with E-state index in [1.165, 1.54) is 7.11 Å². The lowest BCUT2D eigenvalue weighted by atomic mass is 10.5. The Kier molecular flexibility index (Phi) is 8.55. The van der Waals surface area contributed by atoms with Crippen LogP contribution in [0.5, 0.6) is 0 Å². The summed E-state index contributed by atoms with van der Waals surface area (Å²) in [6.07, 6.45) is 0.897. The number of rotatable bonds is 10. The molecule has 0 spiro atoms. The molecule has 1 unspecified atom stereocenters. The summed E-state index contributed by atoms with van der Waals surface area (Å²) in [6.45, 7) is 3.38. The van der Waals surface area contributed by atoms with Crippen molar-refractivity contribution in [3.8, 4) is 0 Å². The van der Waals surface area contributed by atoms with E-state index in [0.29, 0.717) is 0 Å². The highest BCUT2D eigenvalue weighted by molar-refractivity contribution is 5.81. The highest BCUT2D eigenvalue weighted by Gasteiger charge is 2.31. The molecule has 0 amide bonds. The van der Waals surface area contributed by atoms with Crippen molar-refractivity contribution in [2.75, 3.05) is 40.1 Å². The van der Waals surface area contributed by atoms with Crippen LogP contribution in [0.3, 0.4) is 0 Å². The van der Waals surface area contributed by atoms with Crippen molar-refractivity contribution in [3.05, 3.63) is 12.7 Å². The number of ether oxygens (including phenoxy) is 4. The summed E-state index contributed by atoms with van der Waals surface area (Å²) in [5.41, 5.74) is 0. The van der Waals surface area contributed by atoms with Crippen LogP contribution in [-0.2, 0) is 23.7 Å². The molecule has 0 aromatic carbocycles. The highest BCUT2D eigenvalue weighted by atomic mass is 16.8. The third-order valence-electron chi connectivity index (χ3n) is 1.64. The molecule has 17 heavy (non-hydrogen) atoms. The first-order valence-electron chi connectivity index (χ1n) is 4.97. The summed E-state index contributed by atoms with van der Waals surface area (Å²) in [7, 11) is 1.17. The zero-order valence-electron chi connectivity index (χ0n) is 9.76. The van der Waals surface area contributed by atoms with E-state index in [4.69, 9.17) is 14.6 Å². The van der Waals surface area contributed by atoms with Gasteiger partial charge in [-0.05, 0) is 0 Å². The normalized spacial score (nSPS) is 14.1. The fourth-order valence-corrected chi connectivity index (χ4v) is 0.815. The number of esters is 1. The summed E-state index contributed by atoms with van der Waals surface area (Å²) in [4.78, 5) is 10.9. The Morgan fingerprint density at radius 1 is 1.35 bits per heavy atom. The fourth-order valence-electron chi connectivity index (χ4n) is 0.815. The van der Waals surface area contributed by atoms with E-state index in [2.05, 4.69) is 16.1 Å². The van der Waals surface area contributed by atoms with Crippen molar-refractivity contribution in [2.45, 2.75) is 5.97 Å². The molecule has 0 aliphatic heterocycles. The lowest BCUT2D eigenvalue weighted by molar-refractivity contribution is -0.347. The van der Waals surface area contributed by atoms with Gasteiger partial charge < -0.3 is 29.2 Å². The van der Waals surface area contributed by atoms with Crippen LogP contribution in [0.25, 0.3) is 0 Å². The quantitative estimate of drug-likeness (QED) is 0.223. The van der Waals surface area contributed by atoms with Crippen LogP contribution in [0.1, 0.15) is 0 Å². The minimum atomic E-state index is -2.14. The maximum atomic E-state index is 10.9. The first-order chi connectivity index (χ1) is 8.08. The molecule has 0 aromatic rings. The van der Waals surface area contributed by atoms with Crippen LogP contribution < -0.4 is 0 Å². The summed E-state index contributed by atoms with van der Waals surface area (Å²) in [5.74, 6) is -2.96. The smallest absolute Gasteiger partial charge is 0.351 e. The molecule has 7 heteroatoms. The largest absolute Gasteiger partial charge is 0.403 e. The number of carbonyl (C=O) groups excluding carboxylic acids is 1. The Labute approximate surface area is 99.5 Å². The summed E-state index contributed by atoms with van der Waals surface area (Å²) >= 11 is 0. The van der Waals surface area contributed by atoms with Crippen molar-refractivity contribution in [3.63, 3.8) is 0 Å². The molecule has 100 valence electrons. The Bertz CT molecular complexity index is 231. The minimum Gasteiger partial charge on any atom is -0.403 e. The molecule has 0 rings (SSSR count). The van der Waals surface area contributed by atoms with Gasteiger partial charge >= 0.3 is 11.9 Å². The lowest BCUT2D eigenvalue weighted by Crippen LogP contribution is -2.41. The molecule has 1 atom stereocenters. The van der Waals surface area contributed by atoms with Crippen molar-refractivity contribution < 1.29 is 34.0 Å². The van der Waals surface area contributed by atoms with Crippen molar-refractivity contribution in [1.29, 1.82) is 0 Å². The van der Waals surface area contributed by atoms with Gasteiger partial charge in [0.15, 0.2) is 0 Å². The third-order valence-corrected chi connectivity index (χ3v) is 1.64. The van der Waals surface area contributed by atoms with E-state index >= 15 is 0 Å². The van der Waals surface area contributed by atoms with E-state index < -0.39 is 11.9 Å². The Hall–Kier alpha value is -0.990. The molecule has 0 aliphatic rings. The van der Waals surface area contributed by atoms with Gasteiger partial charge in [-0.3, -0.25) is 0 Å². The zero-order valence-corrected chi connectivity index (χ0v) is 9.76. The van der Waals surface area contributed by atoms with Gasteiger partial charge in [0.1, 0.15) is 6.61 Å². The van der Waals surface area contributed by atoms with Crippen LogP contribution in [0.2, 0.25) is 0 Å².